The number of thiophene rings is 1. The van der Waals surface area contributed by atoms with Gasteiger partial charge in [0.15, 0.2) is 6.61 Å². The van der Waals surface area contributed by atoms with E-state index in [9.17, 15) is 4.79 Å². The van der Waals surface area contributed by atoms with Crippen molar-refractivity contribution < 1.29 is 9.53 Å². The van der Waals surface area contributed by atoms with Gasteiger partial charge in [-0.25, -0.2) is 4.98 Å². The highest BCUT2D eigenvalue weighted by Gasteiger charge is 2.28. The third-order valence-electron chi connectivity index (χ3n) is 5.83. The molecule has 0 spiro atoms. The molecule has 0 bridgehead atoms. The van der Waals surface area contributed by atoms with Crippen molar-refractivity contribution in [3.63, 3.8) is 0 Å². The van der Waals surface area contributed by atoms with Gasteiger partial charge in [0, 0.05) is 34.6 Å². The predicted molar refractivity (Wildman–Crippen MR) is 143 cm³/mol. The standard InChI is InChI=1S/C25H23Cl2N3O2S2/c1-14(2)30-10-9-16-21(12-30)34-25(23(16)24-28-18-5-3-4-6-20(18)33-24)29-22(31)13-32-19-8-7-15(26)11-17(19)27/h3-8,11,14H,9-10,12-13H2,1-2H3,(H,29,31). The number of rotatable bonds is 6. The molecule has 0 unspecified atom stereocenters. The number of aromatic nitrogens is 1. The summed E-state index contributed by atoms with van der Waals surface area (Å²) in [5, 5.41) is 5.74. The second kappa shape index (κ2) is 9.84. The Balaban J connectivity index is 1.44. The van der Waals surface area contributed by atoms with Crippen LogP contribution in [0.1, 0.15) is 24.3 Å². The normalized spacial score (nSPS) is 13.9. The van der Waals surface area contributed by atoms with Gasteiger partial charge >= 0.3 is 0 Å². The molecule has 2 aromatic heterocycles. The predicted octanol–water partition coefficient (Wildman–Crippen LogP) is 7.12. The zero-order valence-electron chi connectivity index (χ0n) is 18.7. The highest BCUT2D eigenvalue weighted by atomic mass is 35.5. The van der Waals surface area contributed by atoms with Gasteiger partial charge in [-0.15, -0.1) is 22.7 Å². The fourth-order valence-electron chi connectivity index (χ4n) is 4.06. The lowest BCUT2D eigenvalue weighted by molar-refractivity contribution is -0.118. The Bertz CT molecular complexity index is 1330. The minimum Gasteiger partial charge on any atom is -0.482 e. The van der Waals surface area contributed by atoms with Gasteiger partial charge in [-0.3, -0.25) is 9.69 Å². The van der Waals surface area contributed by atoms with Crippen molar-refractivity contribution in [1.82, 2.24) is 9.88 Å². The number of amides is 1. The molecule has 9 heteroatoms. The fraction of sp³-hybridized carbons (Fsp3) is 0.280. The van der Waals surface area contributed by atoms with Crippen LogP contribution >= 0.6 is 45.9 Å². The van der Waals surface area contributed by atoms with E-state index in [1.807, 2.05) is 18.2 Å². The number of para-hydroxylation sites is 1. The van der Waals surface area contributed by atoms with E-state index in [2.05, 4.69) is 30.1 Å². The molecule has 1 N–H and O–H groups in total. The second-order valence-corrected chi connectivity index (χ2v) is 11.4. The van der Waals surface area contributed by atoms with Gasteiger partial charge in [-0.1, -0.05) is 35.3 Å². The Hall–Kier alpha value is -2.16. The highest BCUT2D eigenvalue weighted by molar-refractivity contribution is 7.22. The first-order chi connectivity index (χ1) is 16.4. The van der Waals surface area contributed by atoms with Gasteiger partial charge in [-0.05, 0) is 56.2 Å². The summed E-state index contributed by atoms with van der Waals surface area (Å²) < 4.78 is 6.79. The van der Waals surface area contributed by atoms with E-state index >= 15 is 0 Å². The van der Waals surface area contributed by atoms with Crippen molar-refractivity contribution in [2.75, 3.05) is 18.5 Å². The third-order valence-corrected chi connectivity index (χ3v) is 8.55. The summed E-state index contributed by atoms with van der Waals surface area (Å²) in [5.74, 6) is 0.179. The van der Waals surface area contributed by atoms with Crippen LogP contribution in [0.3, 0.4) is 0 Å². The second-order valence-electron chi connectivity index (χ2n) is 8.42. The largest absolute Gasteiger partial charge is 0.482 e. The van der Waals surface area contributed by atoms with E-state index in [0.717, 1.165) is 45.3 Å². The maximum Gasteiger partial charge on any atom is 0.262 e. The van der Waals surface area contributed by atoms with Crippen LogP contribution in [0.2, 0.25) is 10.0 Å². The molecule has 176 valence electrons. The molecule has 0 atom stereocenters. The Morgan fingerprint density at radius 3 is 2.79 bits per heavy atom. The maximum absolute atomic E-state index is 12.9. The molecular weight excluding hydrogens is 509 g/mol. The minimum absolute atomic E-state index is 0.151. The number of anilines is 1. The van der Waals surface area contributed by atoms with Crippen molar-refractivity contribution in [2.24, 2.45) is 0 Å². The van der Waals surface area contributed by atoms with Crippen LogP contribution in [0, 0.1) is 0 Å². The van der Waals surface area contributed by atoms with E-state index in [-0.39, 0.29) is 12.5 Å². The molecule has 1 aliphatic rings. The first kappa shape index (κ1) is 23.6. The number of carbonyl (C=O) groups excluding carboxylic acids is 1. The lowest BCUT2D eigenvalue weighted by Gasteiger charge is -2.30. The van der Waals surface area contributed by atoms with Crippen LogP contribution in [0.4, 0.5) is 5.00 Å². The van der Waals surface area contributed by atoms with Gasteiger partial charge in [0.2, 0.25) is 0 Å². The molecule has 0 aliphatic carbocycles. The van der Waals surface area contributed by atoms with Crippen LogP contribution in [0.5, 0.6) is 5.75 Å². The Morgan fingerprint density at radius 1 is 1.21 bits per heavy atom. The van der Waals surface area contributed by atoms with Crippen molar-refractivity contribution in [3.8, 4) is 16.3 Å². The molecule has 0 radical (unpaired) electrons. The lowest BCUT2D eigenvalue weighted by Crippen LogP contribution is -2.35. The number of hydrogen-bond acceptors (Lipinski definition) is 6. The molecule has 2 aromatic carbocycles. The molecule has 0 fully saturated rings. The van der Waals surface area contributed by atoms with Crippen LogP contribution < -0.4 is 10.1 Å². The maximum atomic E-state index is 12.9. The van der Waals surface area contributed by atoms with Crippen LogP contribution in [0.15, 0.2) is 42.5 Å². The number of hydrogen-bond donors (Lipinski definition) is 1. The Kier molecular flexibility index (Phi) is 6.82. The number of thiazole rings is 1. The Morgan fingerprint density at radius 2 is 2.03 bits per heavy atom. The van der Waals surface area contributed by atoms with Gasteiger partial charge in [0.05, 0.1) is 15.2 Å². The van der Waals surface area contributed by atoms with Gasteiger partial charge in [0.25, 0.3) is 5.91 Å². The van der Waals surface area contributed by atoms with Crippen LogP contribution in [-0.4, -0.2) is 35.0 Å². The van der Waals surface area contributed by atoms with Crippen molar-refractivity contribution >= 4 is 67.0 Å². The van der Waals surface area contributed by atoms with E-state index in [4.69, 9.17) is 32.9 Å². The first-order valence-corrected chi connectivity index (χ1v) is 13.4. The summed E-state index contributed by atoms with van der Waals surface area (Å²) in [7, 11) is 0. The molecule has 5 rings (SSSR count). The monoisotopic (exact) mass is 531 g/mol. The number of nitrogens with zero attached hydrogens (tertiary/aromatic N) is 2. The molecule has 0 saturated heterocycles. The fourth-order valence-corrected chi connectivity index (χ4v) is 6.92. The number of nitrogens with one attached hydrogen (secondary N) is 1. The smallest absolute Gasteiger partial charge is 0.262 e. The molecule has 5 nitrogen and oxygen atoms in total. The molecule has 1 aliphatic heterocycles. The first-order valence-electron chi connectivity index (χ1n) is 11.0. The van der Waals surface area contributed by atoms with Crippen molar-refractivity contribution in [2.45, 2.75) is 32.9 Å². The molecule has 0 saturated carbocycles. The summed E-state index contributed by atoms with van der Waals surface area (Å²) in [6.45, 7) is 6.15. The summed E-state index contributed by atoms with van der Waals surface area (Å²) >= 11 is 15.4. The lowest BCUT2D eigenvalue weighted by atomic mass is 10.0. The number of ether oxygens (including phenoxy) is 1. The number of carbonyl (C=O) groups is 1. The number of halogens is 2. The van der Waals surface area contributed by atoms with E-state index in [0.29, 0.717) is 21.8 Å². The molecule has 1 amide bonds. The third kappa shape index (κ3) is 4.81. The van der Waals surface area contributed by atoms with Gasteiger partial charge in [0.1, 0.15) is 15.8 Å². The summed E-state index contributed by atoms with van der Waals surface area (Å²) in [4.78, 5) is 21.5. The summed E-state index contributed by atoms with van der Waals surface area (Å²) in [6.07, 6.45) is 0.933. The number of benzene rings is 2. The molecule has 34 heavy (non-hydrogen) atoms. The minimum atomic E-state index is -0.243. The van der Waals surface area contributed by atoms with Gasteiger partial charge < -0.3 is 10.1 Å². The summed E-state index contributed by atoms with van der Waals surface area (Å²) in [6, 6.07) is 13.5. The van der Waals surface area contributed by atoms with E-state index < -0.39 is 0 Å². The average Bonchev–Trinajstić information content (AvgIpc) is 3.38. The molecular formula is C25H23Cl2N3O2S2. The van der Waals surface area contributed by atoms with E-state index in [1.165, 1.54) is 10.4 Å². The molecule has 4 aromatic rings. The quantitative estimate of drug-likeness (QED) is 0.287. The SMILES string of the molecule is CC(C)N1CCc2c(sc(NC(=O)COc3ccc(Cl)cc3Cl)c2-c2nc3ccccc3s2)C1. The van der Waals surface area contributed by atoms with Gasteiger partial charge in [-0.2, -0.15) is 0 Å². The van der Waals surface area contributed by atoms with Crippen molar-refractivity contribution in [3.05, 3.63) is 63.0 Å². The topological polar surface area (TPSA) is 54.5 Å². The van der Waals surface area contributed by atoms with Crippen molar-refractivity contribution in [1.29, 1.82) is 0 Å². The zero-order chi connectivity index (χ0) is 23.8. The van der Waals surface area contributed by atoms with E-state index in [1.54, 1.807) is 40.9 Å². The highest BCUT2D eigenvalue weighted by Crippen LogP contribution is 2.45. The van der Waals surface area contributed by atoms with Crippen LogP contribution in [-0.2, 0) is 17.8 Å². The number of fused-ring (bicyclic) bond motifs is 2. The molecule has 3 heterocycles. The summed E-state index contributed by atoms with van der Waals surface area (Å²) in [5.41, 5.74) is 3.31. The Labute approximate surface area is 216 Å². The zero-order valence-corrected chi connectivity index (χ0v) is 21.9. The average molecular weight is 533 g/mol. The van der Waals surface area contributed by atoms with Crippen LogP contribution in [0.25, 0.3) is 20.8 Å².